The van der Waals surface area contributed by atoms with E-state index in [1.807, 2.05) is 12.1 Å². The lowest BCUT2D eigenvalue weighted by Crippen LogP contribution is -2.44. The number of hydrogen-bond donors (Lipinski definition) is 3. The second-order valence-electron chi connectivity index (χ2n) is 8.34. The SMILES string of the molecule is COc1cc2c(cc1O)CC[C@@H]1[C@@H]2CC[C@]2(C)[C@@H](OP(=O)(O)O)CC[C@@H]12. The maximum Gasteiger partial charge on any atom is 0.469 e. The molecule has 0 saturated heterocycles. The first kappa shape index (κ1) is 18.3. The van der Waals surface area contributed by atoms with E-state index in [4.69, 9.17) is 9.26 Å². The number of phosphoric ester groups is 1. The fourth-order valence-corrected chi connectivity index (χ4v) is 6.72. The van der Waals surface area contributed by atoms with E-state index in [1.54, 1.807) is 7.11 Å². The molecule has 2 fully saturated rings. The molecule has 4 rings (SSSR count). The Labute approximate surface area is 153 Å². The number of phosphoric acid groups is 1. The molecule has 144 valence electrons. The van der Waals surface area contributed by atoms with Gasteiger partial charge in [0, 0.05) is 0 Å². The molecule has 0 heterocycles. The minimum atomic E-state index is -4.47. The van der Waals surface area contributed by atoms with Crippen LogP contribution in [0.5, 0.6) is 11.5 Å². The Hall–Kier alpha value is -1.07. The maximum absolute atomic E-state index is 11.4. The second kappa shape index (κ2) is 6.23. The highest BCUT2D eigenvalue weighted by Crippen LogP contribution is 2.63. The maximum atomic E-state index is 11.4. The number of phenolic OH excluding ortho intramolecular Hbond substituents is 1. The zero-order chi connectivity index (χ0) is 18.7. The van der Waals surface area contributed by atoms with Gasteiger partial charge in [-0.2, -0.15) is 0 Å². The molecule has 3 aliphatic rings. The Morgan fingerprint density at radius 2 is 1.96 bits per heavy atom. The van der Waals surface area contributed by atoms with Gasteiger partial charge in [0.1, 0.15) is 0 Å². The van der Waals surface area contributed by atoms with Crippen LogP contribution in [0.15, 0.2) is 12.1 Å². The molecule has 1 aromatic carbocycles. The molecular formula is C19H27O6P. The summed E-state index contributed by atoms with van der Waals surface area (Å²) in [5.41, 5.74) is 2.30. The molecule has 7 heteroatoms. The standard InChI is InChI=1S/C19H27O6P/c1-19-8-7-12-13(15(19)5-6-18(19)25-26(21,22)23)4-3-11-9-16(20)17(24-2)10-14(11)12/h9-10,12-13,15,18,20H,3-8H2,1-2H3,(H2,21,22,23)/t12-,13+,15-,18-,19-/m0/s1. The lowest BCUT2D eigenvalue weighted by molar-refractivity contribution is -0.0218. The number of aromatic hydroxyl groups is 1. The Bertz CT molecular complexity index is 759. The van der Waals surface area contributed by atoms with E-state index < -0.39 is 7.82 Å². The number of benzene rings is 1. The monoisotopic (exact) mass is 382 g/mol. The molecule has 0 radical (unpaired) electrons. The Balaban J connectivity index is 1.64. The largest absolute Gasteiger partial charge is 0.504 e. The predicted molar refractivity (Wildman–Crippen MR) is 96.2 cm³/mol. The number of aryl methyl sites for hydroxylation is 1. The second-order valence-corrected chi connectivity index (χ2v) is 9.54. The van der Waals surface area contributed by atoms with E-state index in [-0.39, 0.29) is 17.3 Å². The van der Waals surface area contributed by atoms with Gasteiger partial charge in [-0.1, -0.05) is 6.92 Å². The van der Waals surface area contributed by atoms with Crippen LogP contribution in [0, 0.1) is 17.3 Å². The van der Waals surface area contributed by atoms with Gasteiger partial charge in [-0.05, 0) is 85.0 Å². The minimum Gasteiger partial charge on any atom is -0.504 e. The molecule has 0 bridgehead atoms. The number of rotatable bonds is 3. The topological polar surface area (TPSA) is 96.2 Å². The molecule has 0 aromatic heterocycles. The number of fused-ring (bicyclic) bond motifs is 5. The van der Waals surface area contributed by atoms with E-state index in [9.17, 15) is 19.5 Å². The highest BCUT2D eigenvalue weighted by atomic mass is 31.2. The van der Waals surface area contributed by atoms with Crippen molar-refractivity contribution in [3.05, 3.63) is 23.3 Å². The number of ether oxygens (including phenoxy) is 1. The van der Waals surface area contributed by atoms with E-state index in [1.165, 1.54) is 11.1 Å². The highest BCUT2D eigenvalue weighted by Gasteiger charge is 2.56. The van der Waals surface area contributed by atoms with Gasteiger partial charge in [0.25, 0.3) is 0 Å². The fourth-order valence-electron chi connectivity index (χ4n) is 6.04. The van der Waals surface area contributed by atoms with Crippen molar-refractivity contribution in [3.63, 3.8) is 0 Å². The smallest absolute Gasteiger partial charge is 0.469 e. The molecule has 6 nitrogen and oxygen atoms in total. The molecule has 0 aliphatic heterocycles. The van der Waals surface area contributed by atoms with Gasteiger partial charge in [-0.25, -0.2) is 4.57 Å². The van der Waals surface area contributed by atoms with Gasteiger partial charge >= 0.3 is 7.82 Å². The van der Waals surface area contributed by atoms with Crippen LogP contribution >= 0.6 is 7.82 Å². The molecular weight excluding hydrogens is 355 g/mol. The minimum absolute atomic E-state index is 0.180. The van der Waals surface area contributed by atoms with E-state index in [0.29, 0.717) is 29.9 Å². The molecule has 0 amide bonds. The van der Waals surface area contributed by atoms with Gasteiger partial charge < -0.3 is 19.6 Å². The third-order valence-electron chi connectivity index (χ3n) is 7.20. The van der Waals surface area contributed by atoms with Gasteiger partial charge in [-0.15, -0.1) is 0 Å². The molecule has 0 unspecified atom stereocenters. The summed E-state index contributed by atoms with van der Waals surface area (Å²) in [5, 5.41) is 10.1. The van der Waals surface area contributed by atoms with Crippen molar-refractivity contribution in [2.24, 2.45) is 17.3 Å². The third kappa shape index (κ3) is 2.88. The first-order chi connectivity index (χ1) is 12.2. The van der Waals surface area contributed by atoms with Gasteiger partial charge in [0.05, 0.1) is 13.2 Å². The molecule has 3 aliphatic carbocycles. The molecule has 5 atom stereocenters. The summed E-state index contributed by atoms with van der Waals surface area (Å²) < 4.78 is 21.9. The first-order valence-electron chi connectivity index (χ1n) is 9.36. The number of methoxy groups -OCH3 is 1. The first-order valence-corrected chi connectivity index (χ1v) is 10.9. The summed E-state index contributed by atoms with van der Waals surface area (Å²) in [5.74, 6) is 2.03. The molecule has 0 spiro atoms. The van der Waals surface area contributed by atoms with Crippen LogP contribution in [0.25, 0.3) is 0 Å². The molecule has 1 aromatic rings. The molecule has 2 saturated carbocycles. The Morgan fingerprint density at radius 3 is 2.65 bits per heavy atom. The van der Waals surface area contributed by atoms with Crippen LogP contribution in [0.1, 0.15) is 56.1 Å². The summed E-state index contributed by atoms with van der Waals surface area (Å²) in [4.78, 5) is 18.6. The number of hydrogen-bond acceptors (Lipinski definition) is 4. The third-order valence-corrected chi connectivity index (χ3v) is 7.73. The van der Waals surface area contributed by atoms with E-state index >= 15 is 0 Å². The average Bonchev–Trinajstić information content (AvgIpc) is 2.89. The fraction of sp³-hybridized carbons (Fsp3) is 0.684. The van der Waals surface area contributed by atoms with Crippen molar-refractivity contribution < 1.29 is 28.7 Å². The van der Waals surface area contributed by atoms with Crippen LogP contribution in [0.2, 0.25) is 0 Å². The molecule has 26 heavy (non-hydrogen) atoms. The number of phenols is 1. The normalized spacial score (nSPS) is 36.2. The van der Waals surface area contributed by atoms with Gasteiger partial charge in [-0.3, -0.25) is 4.52 Å². The van der Waals surface area contributed by atoms with E-state index in [0.717, 1.165) is 32.1 Å². The van der Waals surface area contributed by atoms with Crippen molar-refractivity contribution >= 4 is 7.82 Å². The quantitative estimate of drug-likeness (QED) is 0.690. The van der Waals surface area contributed by atoms with Crippen molar-refractivity contribution in [2.45, 2.75) is 57.5 Å². The summed E-state index contributed by atoms with van der Waals surface area (Å²) in [7, 11) is -2.90. The van der Waals surface area contributed by atoms with Crippen LogP contribution in [0.3, 0.4) is 0 Å². The predicted octanol–water partition coefficient (Wildman–Crippen LogP) is 3.73. The van der Waals surface area contributed by atoms with Crippen molar-refractivity contribution in [3.8, 4) is 11.5 Å². The van der Waals surface area contributed by atoms with Crippen molar-refractivity contribution in [1.29, 1.82) is 0 Å². The zero-order valence-electron chi connectivity index (χ0n) is 15.2. The van der Waals surface area contributed by atoms with Gasteiger partial charge in [0.2, 0.25) is 0 Å². The highest BCUT2D eigenvalue weighted by molar-refractivity contribution is 7.46. The Morgan fingerprint density at radius 1 is 1.19 bits per heavy atom. The molecule has 3 N–H and O–H groups in total. The summed E-state index contributed by atoms with van der Waals surface area (Å²) in [6.45, 7) is 2.15. The van der Waals surface area contributed by atoms with Crippen molar-refractivity contribution in [1.82, 2.24) is 0 Å². The summed E-state index contributed by atoms with van der Waals surface area (Å²) >= 11 is 0. The van der Waals surface area contributed by atoms with E-state index in [2.05, 4.69) is 6.92 Å². The zero-order valence-corrected chi connectivity index (χ0v) is 16.1. The Kier molecular flexibility index (Phi) is 4.39. The lowest BCUT2D eigenvalue weighted by atomic mass is 9.55. The van der Waals surface area contributed by atoms with Crippen molar-refractivity contribution in [2.75, 3.05) is 7.11 Å². The van der Waals surface area contributed by atoms with Gasteiger partial charge in [0.15, 0.2) is 11.5 Å². The summed E-state index contributed by atoms with van der Waals surface area (Å²) in [6, 6.07) is 3.83. The lowest BCUT2D eigenvalue weighted by Gasteiger charge is -2.50. The van der Waals surface area contributed by atoms with Crippen LogP contribution in [0.4, 0.5) is 0 Å². The van der Waals surface area contributed by atoms with Crippen LogP contribution in [-0.4, -0.2) is 28.1 Å². The average molecular weight is 382 g/mol. The van der Waals surface area contributed by atoms with Crippen LogP contribution in [-0.2, 0) is 15.5 Å². The summed E-state index contributed by atoms with van der Waals surface area (Å²) in [6.07, 6.45) is 5.13. The van der Waals surface area contributed by atoms with Crippen LogP contribution < -0.4 is 4.74 Å².